The molecule has 0 radical (unpaired) electrons. The predicted molar refractivity (Wildman–Crippen MR) is 227 cm³/mol. The number of rotatable bonds is 13. The molecule has 0 atom stereocenters. The minimum Gasteiger partial charge on any atom is -0.310 e. The molecular weight excluding hydrogens is 876 g/mol. The number of aromatic nitrogens is 2. The molecule has 0 saturated carbocycles. The summed E-state index contributed by atoms with van der Waals surface area (Å²) in [6, 6.07) is 23.7. The molecular formula is C42H41ClF4N6O5S3. The van der Waals surface area contributed by atoms with Gasteiger partial charge in [-0.2, -0.15) is 13.2 Å². The summed E-state index contributed by atoms with van der Waals surface area (Å²) in [6.45, 7) is 3.97. The largest absolute Gasteiger partial charge is 0.501 e. The first kappa shape index (κ1) is 44.5. The molecule has 1 saturated heterocycles. The Balaban J connectivity index is 1.04. The van der Waals surface area contributed by atoms with Gasteiger partial charge in [-0.25, -0.2) is 31.2 Å². The number of carbonyl (C=O) groups is 1. The van der Waals surface area contributed by atoms with E-state index in [0.717, 1.165) is 71.5 Å². The van der Waals surface area contributed by atoms with Crippen molar-refractivity contribution in [1.82, 2.24) is 19.8 Å². The average molecular weight is 917 g/mol. The number of halogens is 5. The summed E-state index contributed by atoms with van der Waals surface area (Å²) in [6.07, 6.45) is 3.22. The Hall–Kier alpha value is -4.59. The SMILES string of the molecule is CC(=O)N(CCSc1ccccc1)c1ccc(S(=O)(=O)Nc2ncnc3c2CCN(C2CCN(Cc4cc(F)ccc4-c4ccc(Cl)cc4)CC2)C3)cc1S(=O)(=O)C(F)(F)F. The van der Waals surface area contributed by atoms with Gasteiger partial charge in [-0.3, -0.25) is 19.3 Å². The highest BCUT2D eigenvalue weighted by atomic mass is 35.5. The highest BCUT2D eigenvalue weighted by Gasteiger charge is 2.49. The lowest BCUT2D eigenvalue weighted by atomic mass is 9.96. The summed E-state index contributed by atoms with van der Waals surface area (Å²) in [5.74, 6) is -0.911. The zero-order valence-corrected chi connectivity index (χ0v) is 36.0. The molecule has 2 aliphatic rings. The number of nitrogens with one attached hydrogen (secondary N) is 1. The topological polar surface area (TPSA) is 133 Å². The monoisotopic (exact) mass is 916 g/mol. The normalized spacial score (nSPS) is 15.6. The van der Waals surface area contributed by atoms with Crippen LogP contribution in [0.1, 0.15) is 36.6 Å². The molecule has 11 nitrogen and oxygen atoms in total. The van der Waals surface area contributed by atoms with E-state index >= 15 is 0 Å². The molecule has 1 N–H and O–H groups in total. The van der Waals surface area contributed by atoms with Gasteiger partial charge in [0.1, 0.15) is 22.9 Å². The molecule has 0 aliphatic carbocycles. The highest BCUT2D eigenvalue weighted by Crippen LogP contribution is 2.39. The van der Waals surface area contributed by atoms with E-state index in [0.29, 0.717) is 48.4 Å². The Morgan fingerprint density at radius 3 is 2.34 bits per heavy atom. The molecule has 0 unspecified atom stereocenters. The van der Waals surface area contributed by atoms with Crippen molar-refractivity contribution in [3.05, 3.63) is 125 Å². The van der Waals surface area contributed by atoms with Crippen molar-refractivity contribution < 1.29 is 39.2 Å². The predicted octanol–water partition coefficient (Wildman–Crippen LogP) is 8.20. The second-order valence-electron chi connectivity index (χ2n) is 14.7. The quantitative estimate of drug-likeness (QED) is 0.0911. The Bertz CT molecular complexity index is 2620. The third kappa shape index (κ3) is 10.2. The molecule has 0 bridgehead atoms. The van der Waals surface area contributed by atoms with E-state index in [1.807, 2.05) is 30.3 Å². The van der Waals surface area contributed by atoms with E-state index in [1.165, 1.54) is 24.2 Å². The third-order valence-electron chi connectivity index (χ3n) is 10.8. The lowest BCUT2D eigenvalue weighted by Gasteiger charge is -2.40. The van der Waals surface area contributed by atoms with Gasteiger partial charge in [-0.1, -0.05) is 48.0 Å². The number of fused-ring (bicyclic) bond motifs is 1. The second-order valence-corrected chi connectivity index (χ2v) is 19.9. The Morgan fingerprint density at radius 2 is 1.66 bits per heavy atom. The van der Waals surface area contributed by atoms with Gasteiger partial charge in [0.2, 0.25) is 5.91 Å². The Labute approximate surface area is 361 Å². The fourth-order valence-corrected chi connectivity index (χ4v) is 10.8. The van der Waals surface area contributed by atoms with Gasteiger partial charge >= 0.3 is 5.51 Å². The summed E-state index contributed by atoms with van der Waals surface area (Å²) < 4.78 is 112. The summed E-state index contributed by atoms with van der Waals surface area (Å²) >= 11 is 7.40. The van der Waals surface area contributed by atoms with Gasteiger partial charge in [0.25, 0.3) is 19.9 Å². The number of sulfone groups is 1. The van der Waals surface area contributed by atoms with Gasteiger partial charge < -0.3 is 4.90 Å². The molecule has 5 aromatic rings. The number of nitrogens with zero attached hydrogens (tertiary/aromatic N) is 5. The van der Waals surface area contributed by atoms with Crippen LogP contribution < -0.4 is 9.62 Å². The fourth-order valence-electron chi connectivity index (χ4n) is 7.69. The van der Waals surface area contributed by atoms with E-state index in [-0.39, 0.29) is 30.0 Å². The maximum atomic E-state index is 14.4. The first-order valence-electron chi connectivity index (χ1n) is 19.3. The summed E-state index contributed by atoms with van der Waals surface area (Å²) in [5, 5.41) is 0.616. The van der Waals surface area contributed by atoms with Crippen molar-refractivity contribution in [1.29, 1.82) is 0 Å². The minimum absolute atomic E-state index is 0.0707. The highest BCUT2D eigenvalue weighted by molar-refractivity contribution is 7.99. The molecule has 0 spiro atoms. The van der Waals surface area contributed by atoms with E-state index in [1.54, 1.807) is 36.4 Å². The number of sulfonamides is 1. The van der Waals surface area contributed by atoms with Crippen LogP contribution in [0.25, 0.3) is 11.1 Å². The van der Waals surface area contributed by atoms with Crippen molar-refractivity contribution in [3.8, 4) is 11.1 Å². The van der Waals surface area contributed by atoms with Crippen LogP contribution in [0.15, 0.2) is 112 Å². The van der Waals surface area contributed by atoms with Crippen molar-refractivity contribution in [2.24, 2.45) is 0 Å². The number of carbonyl (C=O) groups excluding carboxylic acids is 1. The molecule has 7 rings (SSSR count). The van der Waals surface area contributed by atoms with Crippen LogP contribution in [-0.2, 0) is 44.2 Å². The average Bonchev–Trinajstić information content (AvgIpc) is 3.23. The van der Waals surface area contributed by atoms with Crippen LogP contribution in [0.3, 0.4) is 0 Å². The first-order valence-corrected chi connectivity index (χ1v) is 23.6. The van der Waals surface area contributed by atoms with Crippen LogP contribution >= 0.6 is 23.4 Å². The van der Waals surface area contributed by atoms with Crippen LogP contribution in [0.2, 0.25) is 5.02 Å². The Morgan fingerprint density at radius 1 is 0.934 bits per heavy atom. The van der Waals surface area contributed by atoms with Gasteiger partial charge in [-0.15, -0.1) is 11.8 Å². The van der Waals surface area contributed by atoms with E-state index in [9.17, 15) is 39.2 Å². The van der Waals surface area contributed by atoms with Crippen molar-refractivity contribution in [2.75, 3.05) is 41.6 Å². The third-order valence-corrected chi connectivity index (χ3v) is 14.9. The number of anilines is 2. The summed E-state index contributed by atoms with van der Waals surface area (Å²) in [5.41, 5.74) is -2.54. The summed E-state index contributed by atoms with van der Waals surface area (Å²) in [4.78, 5) is 25.5. The number of alkyl halides is 3. The lowest BCUT2D eigenvalue weighted by molar-refractivity contribution is -0.116. The number of hydrogen-bond acceptors (Lipinski definition) is 10. The lowest BCUT2D eigenvalue weighted by Crippen LogP contribution is -2.46. The molecule has 1 fully saturated rings. The number of benzene rings is 4. The number of piperidine rings is 1. The molecule has 61 heavy (non-hydrogen) atoms. The molecule has 2 aliphatic heterocycles. The zero-order valence-electron chi connectivity index (χ0n) is 32.8. The van der Waals surface area contributed by atoms with E-state index < -0.39 is 46.8 Å². The van der Waals surface area contributed by atoms with Crippen molar-refractivity contribution >= 4 is 60.6 Å². The van der Waals surface area contributed by atoms with Gasteiger partial charge in [-0.05, 0) is 104 Å². The molecule has 4 aromatic carbocycles. The smallest absolute Gasteiger partial charge is 0.310 e. The standard InChI is InChI=1S/C42H41ClF4N6O5S3/c1-28(54)53(21-22-59-34-5-3-2-4-6-34)39-14-12-35(24-40(39)60(55,56)42(45,46)47)61(57,58)50-41-37-17-20-52(26-38(37)48-27-49-41)33-15-18-51(19-16-33)25-30-23-32(44)11-13-36(30)29-7-9-31(43)10-8-29/h2-14,23-24,27,33H,15-22,25-26H2,1H3,(H,48,49,50). The van der Waals surface area contributed by atoms with Crippen molar-refractivity contribution in [2.45, 2.75) is 65.5 Å². The van der Waals surface area contributed by atoms with Crippen molar-refractivity contribution in [3.63, 3.8) is 0 Å². The number of amides is 1. The van der Waals surface area contributed by atoms with E-state index in [4.69, 9.17) is 11.6 Å². The molecule has 1 amide bonds. The van der Waals surface area contributed by atoms with Gasteiger partial charge in [0.05, 0.1) is 16.3 Å². The molecule has 322 valence electrons. The second kappa shape index (κ2) is 18.4. The molecule has 19 heteroatoms. The fraction of sp³-hybridized carbons (Fsp3) is 0.310. The van der Waals surface area contributed by atoms with Crippen LogP contribution in [-0.4, -0.2) is 86.0 Å². The van der Waals surface area contributed by atoms with Crippen LogP contribution in [0.4, 0.5) is 29.1 Å². The number of thioether (sulfide) groups is 1. The maximum absolute atomic E-state index is 14.4. The molecule has 1 aromatic heterocycles. The zero-order chi connectivity index (χ0) is 43.5. The summed E-state index contributed by atoms with van der Waals surface area (Å²) in [7, 11) is -10.8. The van der Waals surface area contributed by atoms with Crippen LogP contribution in [0.5, 0.6) is 0 Å². The number of hydrogen-bond donors (Lipinski definition) is 1. The Kier molecular flexibility index (Phi) is 13.4. The molecule has 3 heterocycles. The minimum atomic E-state index is -6.13. The maximum Gasteiger partial charge on any atom is 0.501 e. The number of likely N-dealkylation sites (tertiary alicyclic amines) is 1. The van der Waals surface area contributed by atoms with Gasteiger partial charge in [0.15, 0.2) is 0 Å². The first-order chi connectivity index (χ1) is 29.0. The van der Waals surface area contributed by atoms with Crippen LogP contribution in [0, 0.1) is 5.82 Å². The van der Waals surface area contributed by atoms with Gasteiger partial charge in [0, 0.05) is 60.4 Å². The van der Waals surface area contributed by atoms with E-state index in [2.05, 4.69) is 24.5 Å².